The minimum Gasteiger partial charge on any atom is -0.392 e. The van der Waals surface area contributed by atoms with Gasteiger partial charge in [0.1, 0.15) is 5.82 Å². The molecule has 2 N–H and O–H groups in total. The van der Waals surface area contributed by atoms with Gasteiger partial charge in [0, 0.05) is 31.9 Å². The molecule has 1 saturated heterocycles. The Morgan fingerprint density at radius 3 is 2.71 bits per heavy atom. The standard InChI is InChI=1S/C16H24N4S/c1-2-14(16(17)21)19-8-10-20(11-9-19)15-7-6-12-4-3-5-13(12)18-15/h6-7,14H,2-5,8-11H2,1H3,(H2,17,21). The summed E-state index contributed by atoms with van der Waals surface area (Å²) in [5.74, 6) is 1.14. The molecule has 1 aliphatic heterocycles. The van der Waals surface area contributed by atoms with E-state index in [4.69, 9.17) is 22.9 Å². The number of rotatable bonds is 4. The first-order chi connectivity index (χ1) is 10.2. The number of anilines is 1. The van der Waals surface area contributed by atoms with Gasteiger partial charge in [-0.15, -0.1) is 0 Å². The summed E-state index contributed by atoms with van der Waals surface area (Å²) in [6, 6.07) is 4.70. The third-order valence-corrected chi connectivity index (χ3v) is 4.98. The molecule has 0 aromatic carbocycles. The van der Waals surface area contributed by atoms with Crippen LogP contribution in [-0.2, 0) is 12.8 Å². The van der Waals surface area contributed by atoms with Crippen molar-refractivity contribution in [2.75, 3.05) is 31.1 Å². The summed E-state index contributed by atoms with van der Waals surface area (Å²) in [5, 5.41) is 0. The van der Waals surface area contributed by atoms with Crippen LogP contribution in [0.3, 0.4) is 0 Å². The first kappa shape index (κ1) is 14.7. The predicted molar refractivity (Wildman–Crippen MR) is 90.9 cm³/mol. The van der Waals surface area contributed by atoms with E-state index in [0.717, 1.165) is 44.8 Å². The van der Waals surface area contributed by atoms with Gasteiger partial charge in [-0.25, -0.2) is 4.98 Å². The molecule has 0 spiro atoms. The third-order valence-electron chi connectivity index (χ3n) is 4.71. The van der Waals surface area contributed by atoms with E-state index in [1.165, 1.54) is 24.1 Å². The van der Waals surface area contributed by atoms with Gasteiger partial charge in [-0.05, 0) is 37.3 Å². The molecule has 1 aliphatic carbocycles. The van der Waals surface area contributed by atoms with Crippen LogP contribution in [0.1, 0.15) is 31.0 Å². The van der Waals surface area contributed by atoms with Crippen molar-refractivity contribution in [2.45, 2.75) is 38.6 Å². The first-order valence-corrected chi connectivity index (χ1v) is 8.37. The molecular formula is C16H24N4S. The number of piperazine rings is 1. The topological polar surface area (TPSA) is 45.4 Å². The highest BCUT2D eigenvalue weighted by Gasteiger charge is 2.25. The van der Waals surface area contributed by atoms with Gasteiger partial charge < -0.3 is 10.6 Å². The molecule has 0 amide bonds. The van der Waals surface area contributed by atoms with Crippen LogP contribution in [0.25, 0.3) is 0 Å². The molecular weight excluding hydrogens is 280 g/mol. The third kappa shape index (κ3) is 3.04. The van der Waals surface area contributed by atoms with Crippen molar-refractivity contribution in [3.63, 3.8) is 0 Å². The summed E-state index contributed by atoms with van der Waals surface area (Å²) in [4.78, 5) is 10.3. The van der Waals surface area contributed by atoms with Gasteiger partial charge in [0.2, 0.25) is 0 Å². The van der Waals surface area contributed by atoms with E-state index in [2.05, 4.69) is 28.9 Å². The lowest BCUT2D eigenvalue weighted by Crippen LogP contribution is -2.53. The number of aromatic nitrogens is 1. The Morgan fingerprint density at radius 1 is 1.29 bits per heavy atom. The van der Waals surface area contributed by atoms with Gasteiger partial charge in [-0.2, -0.15) is 0 Å². The Balaban J connectivity index is 1.64. The zero-order valence-corrected chi connectivity index (χ0v) is 13.5. The van der Waals surface area contributed by atoms with E-state index < -0.39 is 0 Å². The average Bonchev–Trinajstić information content (AvgIpc) is 2.95. The van der Waals surface area contributed by atoms with E-state index in [-0.39, 0.29) is 6.04 Å². The molecule has 1 fully saturated rings. The summed E-state index contributed by atoms with van der Waals surface area (Å²) in [6.07, 6.45) is 4.59. The molecule has 21 heavy (non-hydrogen) atoms. The fourth-order valence-electron chi connectivity index (χ4n) is 3.49. The molecule has 2 aliphatic rings. The lowest BCUT2D eigenvalue weighted by molar-refractivity contribution is 0.224. The van der Waals surface area contributed by atoms with Crippen LogP contribution in [-0.4, -0.2) is 47.1 Å². The predicted octanol–water partition coefficient (Wildman–Crippen LogP) is 1.76. The van der Waals surface area contributed by atoms with E-state index in [1.807, 2.05) is 0 Å². The molecule has 114 valence electrons. The summed E-state index contributed by atoms with van der Waals surface area (Å²) < 4.78 is 0. The van der Waals surface area contributed by atoms with Crippen molar-refractivity contribution in [1.29, 1.82) is 0 Å². The van der Waals surface area contributed by atoms with Crippen molar-refractivity contribution in [2.24, 2.45) is 5.73 Å². The van der Waals surface area contributed by atoms with Crippen LogP contribution in [0.5, 0.6) is 0 Å². The highest BCUT2D eigenvalue weighted by atomic mass is 32.1. The maximum Gasteiger partial charge on any atom is 0.128 e. The smallest absolute Gasteiger partial charge is 0.128 e. The Hall–Kier alpha value is -1.20. The number of nitrogens with two attached hydrogens (primary N) is 1. The Kier molecular flexibility index (Phi) is 4.40. The molecule has 2 heterocycles. The summed E-state index contributed by atoms with van der Waals surface area (Å²) in [6.45, 7) is 6.18. The molecule has 1 aromatic rings. The van der Waals surface area contributed by atoms with Crippen molar-refractivity contribution < 1.29 is 0 Å². The van der Waals surface area contributed by atoms with Crippen LogP contribution in [0.2, 0.25) is 0 Å². The Bertz CT molecular complexity index is 523. The quantitative estimate of drug-likeness (QED) is 0.859. The monoisotopic (exact) mass is 304 g/mol. The minimum absolute atomic E-state index is 0.245. The van der Waals surface area contributed by atoms with E-state index in [9.17, 15) is 0 Å². The number of hydrogen-bond donors (Lipinski definition) is 1. The van der Waals surface area contributed by atoms with Gasteiger partial charge >= 0.3 is 0 Å². The molecule has 0 saturated carbocycles. The number of nitrogens with zero attached hydrogens (tertiary/aromatic N) is 3. The molecule has 5 heteroatoms. The highest BCUT2D eigenvalue weighted by Crippen LogP contribution is 2.24. The maximum absolute atomic E-state index is 5.85. The second kappa shape index (κ2) is 6.28. The number of hydrogen-bond acceptors (Lipinski definition) is 4. The van der Waals surface area contributed by atoms with Crippen molar-refractivity contribution in [3.05, 3.63) is 23.4 Å². The number of fused-ring (bicyclic) bond motifs is 1. The van der Waals surface area contributed by atoms with Crippen LogP contribution in [0, 0.1) is 0 Å². The molecule has 1 atom stereocenters. The van der Waals surface area contributed by atoms with E-state index in [1.54, 1.807) is 0 Å². The van der Waals surface area contributed by atoms with Gasteiger partial charge in [0.05, 0.1) is 11.0 Å². The zero-order valence-electron chi connectivity index (χ0n) is 12.7. The van der Waals surface area contributed by atoms with Crippen molar-refractivity contribution >= 4 is 23.0 Å². The van der Waals surface area contributed by atoms with E-state index in [0.29, 0.717) is 4.99 Å². The van der Waals surface area contributed by atoms with Gasteiger partial charge in [0.25, 0.3) is 0 Å². The fraction of sp³-hybridized carbons (Fsp3) is 0.625. The van der Waals surface area contributed by atoms with Crippen molar-refractivity contribution in [3.8, 4) is 0 Å². The summed E-state index contributed by atoms with van der Waals surface area (Å²) in [7, 11) is 0. The molecule has 0 bridgehead atoms. The summed E-state index contributed by atoms with van der Waals surface area (Å²) in [5.41, 5.74) is 8.60. The summed E-state index contributed by atoms with van der Waals surface area (Å²) >= 11 is 5.18. The van der Waals surface area contributed by atoms with Crippen molar-refractivity contribution in [1.82, 2.24) is 9.88 Å². The largest absolute Gasteiger partial charge is 0.392 e. The van der Waals surface area contributed by atoms with E-state index >= 15 is 0 Å². The van der Waals surface area contributed by atoms with Crippen LogP contribution in [0.15, 0.2) is 12.1 Å². The lowest BCUT2D eigenvalue weighted by atomic mass is 10.1. The number of thiocarbonyl (C=S) groups is 1. The zero-order chi connectivity index (χ0) is 14.8. The molecule has 0 radical (unpaired) electrons. The normalized spacial score (nSPS) is 20.3. The highest BCUT2D eigenvalue weighted by molar-refractivity contribution is 7.80. The van der Waals surface area contributed by atoms with Crippen LogP contribution < -0.4 is 10.6 Å². The number of pyridine rings is 1. The van der Waals surface area contributed by atoms with Crippen LogP contribution in [0.4, 0.5) is 5.82 Å². The van der Waals surface area contributed by atoms with Gasteiger partial charge in [-0.3, -0.25) is 4.90 Å². The SMILES string of the molecule is CCC(C(N)=S)N1CCN(c2ccc3c(n2)CCC3)CC1. The molecule has 4 nitrogen and oxygen atoms in total. The Morgan fingerprint density at radius 2 is 2.05 bits per heavy atom. The fourth-order valence-corrected chi connectivity index (χ4v) is 3.80. The molecule has 1 aromatic heterocycles. The van der Waals surface area contributed by atoms with Gasteiger partial charge in [-0.1, -0.05) is 25.2 Å². The minimum atomic E-state index is 0.245. The van der Waals surface area contributed by atoms with Crippen LogP contribution >= 0.6 is 12.2 Å². The lowest BCUT2D eigenvalue weighted by Gasteiger charge is -2.39. The maximum atomic E-state index is 5.85. The second-order valence-electron chi connectivity index (χ2n) is 5.98. The van der Waals surface area contributed by atoms with Gasteiger partial charge in [0.15, 0.2) is 0 Å². The molecule has 3 rings (SSSR count). The number of aryl methyl sites for hydroxylation is 2. The first-order valence-electron chi connectivity index (χ1n) is 7.96. The average molecular weight is 304 g/mol. The molecule has 1 unspecified atom stereocenters. The Labute approximate surface area is 132 Å². The second-order valence-corrected chi connectivity index (χ2v) is 6.45.